The maximum absolute atomic E-state index is 12.4. The summed E-state index contributed by atoms with van der Waals surface area (Å²) in [7, 11) is 1.43. The lowest BCUT2D eigenvalue weighted by Crippen LogP contribution is -2.38. The molecule has 0 unspecified atom stereocenters. The molecule has 1 heterocycles. The molecule has 0 aliphatic heterocycles. The van der Waals surface area contributed by atoms with Crippen molar-refractivity contribution in [1.82, 2.24) is 10.3 Å². The highest BCUT2D eigenvalue weighted by Gasteiger charge is 2.19. The van der Waals surface area contributed by atoms with E-state index in [4.69, 9.17) is 16.3 Å². The topological polar surface area (TPSA) is 71.2 Å². The molecule has 2 aromatic rings. The molecule has 122 valence electrons. The molecule has 1 aromatic heterocycles. The van der Waals surface area contributed by atoms with Gasteiger partial charge in [0.1, 0.15) is 11.3 Å². The van der Waals surface area contributed by atoms with Gasteiger partial charge in [-0.3, -0.25) is 9.59 Å². The molecule has 0 fully saturated rings. The van der Waals surface area contributed by atoms with Crippen LogP contribution in [0.5, 0.6) is 5.75 Å². The fourth-order valence-corrected chi connectivity index (χ4v) is 2.43. The number of halogens is 1. The van der Waals surface area contributed by atoms with Crippen LogP contribution in [0, 0.1) is 0 Å². The van der Waals surface area contributed by atoms with Crippen LogP contribution in [0.15, 0.2) is 41.3 Å². The molecule has 2 N–H and O–H groups in total. The summed E-state index contributed by atoms with van der Waals surface area (Å²) in [6, 6.07) is 8.94. The van der Waals surface area contributed by atoms with Crippen molar-refractivity contribution in [3.8, 4) is 5.75 Å². The third-order valence-electron chi connectivity index (χ3n) is 3.59. The van der Waals surface area contributed by atoms with Gasteiger partial charge >= 0.3 is 0 Å². The van der Waals surface area contributed by atoms with Crippen molar-refractivity contribution in [1.29, 1.82) is 0 Å². The fourth-order valence-electron chi connectivity index (χ4n) is 2.31. The van der Waals surface area contributed by atoms with Gasteiger partial charge in [0.15, 0.2) is 0 Å². The Morgan fingerprint density at radius 1 is 1.30 bits per heavy atom. The predicted octanol–water partition coefficient (Wildman–Crippen LogP) is 2.79. The van der Waals surface area contributed by atoms with E-state index in [1.165, 1.54) is 13.3 Å². The summed E-state index contributed by atoms with van der Waals surface area (Å²) in [5, 5.41) is 3.56. The van der Waals surface area contributed by atoms with Crippen molar-refractivity contribution in [2.45, 2.75) is 25.8 Å². The maximum atomic E-state index is 12.4. The maximum Gasteiger partial charge on any atom is 0.264 e. The van der Waals surface area contributed by atoms with Crippen molar-refractivity contribution >= 4 is 17.5 Å². The molecule has 0 bridgehead atoms. The number of aromatic amines is 1. The number of aromatic nitrogens is 1. The molecule has 5 nitrogen and oxygen atoms in total. The summed E-state index contributed by atoms with van der Waals surface area (Å²) in [5.74, 6) is -0.183. The first kappa shape index (κ1) is 17.1. The van der Waals surface area contributed by atoms with Crippen LogP contribution < -0.4 is 15.6 Å². The van der Waals surface area contributed by atoms with Crippen LogP contribution in [0.4, 0.5) is 0 Å². The van der Waals surface area contributed by atoms with Crippen LogP contribution in [-0.2, 0) is 6.42 Å². The van der Waals surface area contributed by atoms with Crippen LogP contribution >= 0.6 is 11.6 Å². The summed E-state index contributed by atoms with van der Waals surface area (Å²) < 4.78 is 5.10. The summed E-state index contributed by atoms with van der Waals surface area (Å²) in [4.78, 5) is 26.8. The number of methoxy groups -OCH3 is 1. The number of rotatable bonds is 6. The van der Waals surface area contributed by atoms with Crippen molar-refractivity contribution in [2.75, 3.05) is 7.11 Å². The SMILES string of the molecule is CC[C@H](Cc1ccc(Cl)cc1)NC(=O)c1c(OC)cc[nH]c1=O. The largest absolute Gasteiger partial charge is 0.496 e. The molecular formula is C17H19ClN2O3. The quantitative estimate of drug-likeness (QED) is 0.853. The molecule has 1 aromatic carbocycles. The van der Waals surface area contributed by atoms with Gasteiger partial charge in [-0.15, -0.1) is 0 Å². The van der Waals surface area contributed by atoms with Crippen LogP contribution in [0.25, 0.3) is 0 Å². The number of nitrogens with one attached hydrogen (secondary N) is 2. The van der Waals surface area contributed by atoms with Gasteiger partial charge in [0.2, 0.25) is 0 Å². The highest BCUT2D eigenvalue weighted by atomic mass is 35.5. The van der Waals surface area contributed by atoms with E-state index in [0.29, 0.717) is 11.4 Å². The second-order valence-electron chi connectivity index (χ2n) is 5.16. The zero-order valence-corrected chi connectivity index (χ0v) is 13.8. The molecule has 1 atom stereocenters. The minimum atomic E-state index is -0.469. The predicted molar refractivity (Wildman–Crippen MR) is 90.3 cm³/mol. The Kier molecular flexibility index (Phi) is 5.82. The van der Waals surface area contributed by atoms with Crippen LogP contribution in [-0.4, -0.2) is 24.0 Å². The monoisotopic (exact) mass is 334 g/mol. The number of ether oxygens (including phenoxy) is 1. The average molecular weight is 335 g/mol. The van der Waals surface area contributed by atoms with Gasteiger partial charge in [-0.1, -0.05) is 30.7 Å². The van der Waals surface area contributed by atoms with E-state index in [-0.39, 0.29) is 17.4 Å². The van der Waals surface area contributed by atoms with Gasteiger partial charge in [-0.2, -0.15) is 0 Å². The molecule has 0 spiro atoms. The number of carbonyl (C=O) groups excluding carboxylic acids is 1. The molecule has 2 rings (SSSR count). The second kappa shape index (κ2) is 7.83. The first-order valence-corrected chi connectivity index (χ1v) is 7.74. The lowest BCUT2D eigenvalue weighted by Gasteiger charge is -2.17. The van der Waals surface area contributed by atoms with Gasteiger partial charge in [-0.05, 0) is 36.6 Å². The molecule has 1 amide bonds. The molecule has 23 heavy (non-hydrogen) atoms. The van der Waals surface area contributed by atoms with E-state index >= 15 is 0 Å². The van der Waals surface area contributed by atoms with Gasteiger partial charge in [0.05, 0.1) is 7.11 Å². The smallest absolute Gasteiger partial charge is 0.264 e. The van der Waals surface area contributed by atoms with E-state index in [0.717, 1.165) is 12.0 Å². The lowest BCUT2D eigenvalue weighted by atomic mass is 10.0. The van der Waals surface area contributed by atoms with Crippen molar-refractivity contribution < 1.29 is 9.53 Å². The second-order valence-corrected chi connectivity index (χ2v) is 5.60. The summed E-state index contributed by atoms with van der Waals surface area (Å²) in [5.41, 5.74) is 0.586. The zero-order valence-electron chi connectivity index (χ0n) is 13.1. The Morgan fingerprint density at radius 3 is 2.61 bits per heavy atom. The average Bonchev–Trinajstić information content (AvgIpc) is 2.55. The van der Waals surface area contributed by atoms with Crippen molar-refractivity contribution in [3.05, 3.63) is 63.0 Å². The fraction of sp³-hybridized carbons (Fsp3) is 0.294. The molecular weight excluding hydrogens is 316 g/mol. The Morgan fingerprint density at radius 2 is 2.00 bits per heavy atom. The van der Waals surface area contributed by atoms with E-state index in [2.05, 4.69) is 10.3 Å². The van der Waals surface area contributed by atoms with Crippen molar-refractivity contribution in [3.63, 3.8) is 0 Å². The summed E-state index contributed by atoms with van der Waals surface area (Å²) >= 11 is 5.88. The van der Waals surface area contributed by atoms with Crippen LogP contribution in [0.2, 0.25) is 5.02 Å². The van der Waals surface area contributed by atoms with Crippen LogP contribution in [0.1, 0.15) is 29.3 Å². The minimum absolute atomic E-state index is 0.00967. The number of amides is 1. The first-order valence-electron chi connectivity index (χ1n) is 7.36. The van der Waals surface area contributed by atoms with Gasteiger partial charge < -0.3 is 15.0 Å². The van der Waals surface area contributed by atoms with E-state index in [9.17, 15) is 9.59 Å². The van der Waals surface area contributed by atoms with E-state index in [1.807, 2.05) is 31.2 Å². The number of carbonyl (C=O) groups is 1. The number of pyridine rings is 1. The molecule has 0 saturated carbocycles. The molecule has 0 aliphatic carbocycles. The Hall–Kier alpha value is -2.27. The summed E-state index contributed by atoms with van der Waals surface area (Å²) in [6.07, 6.45) is 2.84. The standard InChI is InChI=1S/C17H19ClN2O3/c1-3-13(10-11-4-6-12(18)7-5-11)20-17(22)15-14(23-2)8-9-19-16(15)21/h4-9,13H,3,10H2,1-2H3,(H,19,21)(H,20,22)/t13-/m1/s1. The van der Waals surface area contributed by atoms with E-state index < -0.39 is 11.5 Å². The minimum Gasteiger partial charge on any atom is -0.496 e. The Bertz CT molecular complexity index is 725. The lowest BCUT2D eigenvalue weighted by molar-refractivity contribution is 0.0931. The van der Waals surface area contributed by atoms with Crippen LogP contribution in [0.3, 0.4) is 0 Å². The number of hydrogen-bond donors (Lipinski definition) is 2. The molecule has 0 aliphatic rings. The number of H-pyrrole nitrogens is 1. The summed E-state index contributed by atoms with van der Waals surface area (Å²) in [6.45, 7) is 1.98. The highest BCUT2D eigenvalue weighted by molar-refractivity contribution is 6.30. The first-order chi connectivity index (χ1) is 11.0. The Balaban J connectivity index is 2.14. The van der Waals surface area contributed by atoms with Gasteiger partial charge in [0.25, 0.3) is 11.5 Å². The van der Waals surface area contributed by atoms with E-state index in [1.54, 1.807) is 6.07 Å². The number of hydrogen-bond acceptors (Lipinski definition) is 3. The third-order valence-corrected chi connectivity index (χ3v) is 3.84. The Labute approximate surface area is 139 Å². The normalized spacial score (nSPS) is 11.8. The zero-order chi connectivity index (χ0) is 16.8. The molecule has 0 radical (unpaired) electrons. The number of benzene rings is 1. The van der Waals surface area contributed by atoms with Gasteiger partial charge in [0, 0.05) is 17.3 Å². The molecule has 0 saturated heterocycles. The van der Waals surface area contributed by atoms with Crippen molar-refractivity contribution in [2.24, 2.45) is 0 Å². The highest BCUT2D eigenvalue weighted by Crippen LogP contribution is 2.15. The molecule has 6 heteroatoms. The van der Waals surface area contributed by atoms with Gasteiger partial charge in [-0.25, -0.2) is 0 Å². The third kappa shape index (κ3) is 4.36.